The van der Waals surface area contributed by atoms with E-state index in [9.17, 15) is 14.3 Å². The van der Waals surface area contributed by atoms with Crippen LogP contribution < -0.4 is 4.90 Å². The fourth-order valence-electron chi connectivity index (χ4n) is 3.71. The first-order chi connectivity index (χ1) is 9.66. The van der Waals surface area contributed by atoms with Crippen LogP contribution in [0.3, 0.4) is 0 Å². The van der Waals surface area contributed by atoms with E-state index in [1.807, 2.05) is 0 Å². The molecule has 1 aliphatic carbocycles. The minimum atomic E-state index is -1.11. The van der Waals surface area contributed by atoms with Crippen LogP contribution >= 0.6 is 0 Å². The minimum Gasteiger partial charge on any atom is -0.478 e. The van der Waals surface area contributed by atoms with Crippen molar-refractivity contribution in [3.63, 3.8) is 0 Å². The fourth-order valence-corrected chi connectivity index (χ4v) is 3.71. The molecule has 0 radical (unpaired) electrons. The lowest BCUT2D eigenvalue weighted by Crippen LogP contribution is -2.47. The highest BCUT2D eigenvalue weighted by atomic mass is 19.1. The first-order valence-corrected chi connectivity index (χ1v) is 7.32. The molecule has 2 heterocycles. The SMILES string of the molecule is O=C(O)c1cc(F)cnc1N1CCCC2CCCCC21. The smallest absolute Gasteiger partial charge is 0.339 e. The van der Waals surface area contributed by atoms with Gasteiger partial charge in [-0.3, -0.25) is 0 Å². The van der Waals surface area contributed by atoms with Gasteiger partial charge in [0.05, 0.1) is 6.20 Å². The molecule has 0 bridgehead atoms. The Labute approximate surface area is 117 Å². The predicted molar refractivity (Wildman–Crippen MR) is 73.5 cm³/mol. The summed E-state index contributed by atoms with van der Waals surface area (Å²) in [6, 6.07) is 1.45. The average molecular weight is 278 g/mol. The molecular formula is C15H19FN2O2. The molecule has 2 unspecified atom stereocenters. The van der Waals surface area contributed by atoms with Gasteiger partial charge in [-0.2, -0.15) is 0 Å². The predicted octanol–water partition coefficient (Wildman–Crippen LogP) is 3.08. The number of aromatic nitrogens is 1. The number of carbonyl (C=O) groups is 1. The van der Waals surface area contributed by atoms with E-state index in [1.54, 1.807) is 0 Å². The molecule has 1 aliphatic heterocycles. The molecule has 0 amide bonds. The van der Waals surface area contributed by atoms with Crippen LogP contribution in [0.5, 0.6) is 0 Å². The van der Waals surface area contributed by atoms with Gasteiger partial charge in [-0.25, -0.2) is 14.2 Å². The van der Waals surface area contributed by atoms with Crippen molar-refractivity contribution < 1.29 is 14.3 Å². The summed E-state index contributed by atoms with van der Waals surface area (Å²) in [5.74, 6) is -0.630. The van der Waals surface area contributed by atoms with Crippen molar-refractivity contribution in [1.82, 2.24) is 4.98 Å². The molecule has 0 aromatic carbocycles. The summed E-state index contributed by atoms with van der Waals surface area (Å²) in [5.41, 5.74) is -0.0174. The van der Waals surface area contributed by atoms with E-state index in [2.05, 4.69) is 9.88 Å². The molecule has 108 valence electrons. The van der Waals surface area contributed by atoms with Gasteiger partial charge in [-0.05, 0) is 37.7 Å². The molecule has 4 nitrogen and oxygen atoms in total. The van der Waals surface area contributed by atoms with Crippen molar-refractivity contribution in [3.05, 3.63) is 23.6 Å². The average Bonchev–Trinajstić information content (AvgIpc) is 2.46. The number of hydrogen-bond acceptors (Lipinski definition) is 3. The Balaban J connectivity index is 1.96. The largest absolute Gasteiger partial charge is 0.478 e. The summed E-state index contributed by atoms with van der Waals surface area (Å²) in [7, 11) is 0. The number of aromatic carboxylic acids is 1. The van der Waals surface area contributed by atoms with Gasteiger partial charge >= 0.3 is 5.97 Å². The summed E-state index contributed by atoms with van der Waals surface area (Å²) in [6.07, 6.45) is 8.13. The van der Waals surface area contributed by atoms with Crippen LogP contribution in [-0.2, 0) is 0 Å². The third kappa shape index (κ3) is 2.37. The molecule has 2 atom stereocenters. The number of hydrogen-bond donors (Lipinski definition) is 1. The van der Waals surface area contributed by atoms with Crippen LogP contribution in [-0.4, -0.2) is 28.6 Å². The number of carboxylic acids is 1. The van der Waals surface area contributed by atoms with E-state index in [4.69, 9.17) is 0 Å². The number of fused-ring (bicyclic) bond motifs is 1. The lowest BCUT2D eigenvalue weighted by atomic mass is 9.78. The van der Waals surface area contributed by atoms with Gasteiger partial charge in [0.1, 0.15) is 17.2 Å². The lowest BCUT2D eigenvalue weighted by Gasteiger charge is -2.45. The molecule has 1 N–H and O–H groups in total. The van der Waals surface area contributed by atoms with Crippen molar-refractivity contribution >= 4 is 11.8 Å². The Kier molecular flexibility index (Phi) is 3.59. The van der Waals surface area contributed by atoms with Crippen LogP contribution in [0.15, 0.2) is 12.3 Å². The first-order valence-electron chi connectivity index (χ1n) is 7.32. The molecule has 5 heteroatoms. The van der Waals surface area contributed by atoms with E-state index in [0.29, 0.717) is 17.8 Å². The van der Waals surface area contributed by atoms with Crippen LogP contribution in [0.25, 0.3) is 0 Å². The van der Waals surface area contributed by atoms with Crippen molar-refractivity contribution in [2.24, 2.45) is 5.92 Å². The standard InChI is InChI=1S/C15H19FN2O2/c16-11-8-12(15(19)20)14(17-9-11)18-7-3-5-10-4-1-2-6-13(10)18/h8-10,13H,1-7H2,(H,19,20). The summed E-state index contributed by atoms with van der Waals surface area (Å²) in [5, 5.41) is 9.28. The number of anilines is 1. The van der Waals surface area contributed by atoms with Gasteiger partial charge in [0.25, 0.3) is 0 Å². The highest BCUT2D eigenvalue weighted by Gasteiger charge is 2.35. The summed E-state index contributed by atoms with van der Waals surface area (Å²) in [6.45, 7) is 0.820. The topological polar surface area (TPSA) is 53.4 Å². The normalized spacial score (nSPS) is 26.1. The van der Waals surface area contributed by atoms with E-state index in [0.717, 1.165) is 31.6 Å². The number of pyridine rings is 1. The number of halogens is 1. The fraction of sp³-hybridized carbons (Fsp3) is 0.600. The molecule has 2 fully saturated rings. The maximum Gasteiger partial charge on any atom is 0.339 e. The highest BCUT2D eigenvalue weighted by Crippen LogP contribution is 2.38. The maximum absolute atomic E-state index is 13.3. The molecule has 2 aliphatic rings. The van der Waals surface area contributed by atoms with Crippen molar-refractivity contribution in [1.29, 1.82) is 0 Å². The Hall–Kier alpha value is -1.65. The molecule has 1 aromatic heterocycles. The van der Waals surface area contributed by atoms with Crippen LogP contribution in [0.4, 0.5) is 10.2 Å². The summed E-state index contributed by atoms with van der Waals surface area (Å²) >= 11 is 0. The summed E-state index contributed by atoms with van der Waals surface area (Å²) in [4.78, 5) is 17.5. The van der Waals surface area contributed by atoms with Gasteiger partial charge in [0.2, 0.25) is 0 Å². The number of rotatable bonds is 2. The van der Waals surface area contributed by atoms with E-state index >= 15 is 0 Å². The molecular weight excluding hydrogens is 259 g/mol. The summed E-state index contributed by atoms with van der Waals surface area (Å²) < 4.78 is 13.3. The van der Waals surface area contributed by atoms with Crippen LogP contribution in [0.1, 0.15) is 48.9 Å². The van der Waals surface area contributed by atoms with Gasteiger partial charge in [0.15, 0.2) is 0 Å². The minimum absolute atomic E-state index is 0.0174. The Morgan fingerprint density at radius 2 is 2.05 bits per heavy atom. The Morgan fingerprint density at radius 1 is 1.30 bits per heavy atom. The molecule has 1 aromatic rings. The monoisotopic (exact) mass is 278 g/mol. The quantitative estimate of drug-likeness (QED) is 0.903. The molecule has 0 spiro atoms. The third-order valence-corrected chi connectivity index (χ3v) is 4.58. The second-order valence-corrected chi connectivity index (χ2v) is 5.78. The van der Waals surface area contributed by atoms with E-state index in [1.165, 1.54) is 25.7 Å². The second-order valence-electron chi connectivity index (χ2n) is 5.78. The molecule has 1 saturated carbocycles. The maximum atomic E-state index is 13.3. The van der Waals surface area contributed by atoms with Gasteiger partial charge in [0, 0.05) is 12.6 Å². The van der Waals surface area contributed by atoms with E-state index in [-0.39, 0.29) is 5.56 Å². The second kappa shape index (κ2) is 5.38. The molecule has 1 saturated heterocycles. The third-order valence-electron chi connectivity index (χ3n) is 4.58. The van der Waals surface area contributed by atoms with Crippen molar-refractivity contribution in [3.8, 4) is 0 Å². The zero-order valence-corrected chi connectivity index (χ0v) is 11.4. The first kappa shape index (κ1) is 13.3. The zero-order valence-electron chi connectivity index (χ0n) is 11.4. The number of piperidine rings is 1. The van der Waals surface area contributed by atoms with Gasteiger partial charge < -0.3 is 10.0 Å². The molecule has 3 rings (SSSR count). The lowest BCUT2D eigenvalue weighted by molar-refractivity contribution is 0.0696. The zero-order chi connectivity index (χ0) is 14.1. The number of carboxylic acid groups (broad SMARTS) is 1. The van der Waals surface area contributed by atoms with Crippen LogP contribution in [0, 0.1) is 11.7 Å². The Morgan fingerprint density at radius 3 is 2.85 bits per heavy atom. The van der Waals surface area contributed by atoms with Crippen molar-refractivity contribution in [2.75, 3.05) is 11.4 Å². The van der Waals surface area contributed by atoms with Crippen molar-refractivity contribution in [2.45, 2.75) is 44.6 Å². The Bertz CT molecular complexity index is 519. The van der Waals surface area contributed by atoms with Gasteiger partial charge in [-0.15, -0.1) is 0 Å². The molecule has 20 heavy (non-hydrogen) atoms. The van der Waals surface area contributed by atoms with E-state index < -0.39 is 11.8 Å². The number of nitrogens with zero attached hydrogens (tertiary/aromatic N) is 2. The highest BCUT2D eigenvalue weighted by molar-refractivity contribution is 5.93. The van der Waals surface area contributed by atoms with Gasteiger partial charge in [-0.1, -0.05) is 12.8 Å². The van der Waals surface area contributed by atoms with Crippen LogP contribution in [0.2, 0.25) is 0 Å².